The maximum absolute atomic E-state index is 13.4. The molecule has 2 heterocycles. The van der Waals surface area contributed by atoms with Gasteiger partial charge in [0.2, 0.25) is 11.8 Å². The van der Waals surface area contributed by atoms with Gasteiger partial charge in [0.25, 0.3) is 0 Å². The van der Waals surface area contributed by atoms with E-state index < -0.39 is 18.3 Å². The highest BCUT2D eigenvalue weighted by atomic mass is 32.2. The van der Waals surface area contributed by atoms with Gasteiger partial charge in [-0.05, 0) is 42.1 Å². The molecule has 2 aliphatic heterocycles. The van der Waals surface area contributed by atoms with Crippen molar-refractivity contribution in [3.05, 3.63) is 71.7 Å². The second-order valence-electron chi connectivity index (χ2n) is 10.3. The molecule has 2 aromatic carbocycles. The lowest BCUT2D eigenvalue weighted by Gasteiger charge is -2.25. The van der Waals surface area contributed by atoms with Gasteiger partial charge in [-0.1, -0.05) is 56.0 Å². The maximum Gasteiger partial charge on any atom is 0.332 e. The zero-order chi connectivity index (χ0) is 25.2. The summed E-state index contributed by atoms with van der Waals surface area (Å²) in [5, 5.41) is 13.5. The van der Waals surface area contributed by atoms with Gasteiger partial charge in [0.05, 0.1) is 6.20 Å². The molecular weight excluding hydrogens is 482 g/mol. The number of aliphatic hydroxyl groups is 1. The fourth-order valence-corrected chi connectivity index (χ4v) is 6.66. The van der Waals surface area contributed by atoms with E-state index in [-0.39, 0.29) is 31.0 Å². The summed E-state index contributed by atoms with van der Waals surface area (Å²) in [6.45, 7) is 6.98. The van der Waals surface area contributed by atoms with Crippen LogP contribution in [0, 0.1) is 0 Å². The van der Waals surface area contributed by atoms with Gasteiger partial charge in [0.1, 0.15) is 18.0 Å². The third-order valence-corrected chi connectivity index (χ3v) is 9.60. The number of ether oxygens (including phenoxy) is 1. The third-order valence-electron chi connectivity index (χ3n) is 6.15. The first-order valence-corrected chi connectivity index (χ1v) is 17.0. The van der Waals surface area contributed by atoms with Gasteiger partial charge in [0.15, 0.2) is 0 Å². The molecule has 2 N–H and O–H groups in total. The van der Waals surface area contributed by atoms with Crippen molar-refractivity contribution in [2.75, 3.05) is 10.8 Å². The van der Waals surface area contributed by atoms with Crippen molar-refractivity contribution in [1.29, 1.82) is 0 Å². The molecule has 0 aliphatic carbocycles. The number of nitrogens with zero attached hydrogens (tertiary/aromatic N) is 2. The highest BCUT2D eigenvalue weighted by molar-refractivity contribution is 7.91. The van der Waals surface area contributed by atoms with Crippen molar-refractivity contribution in [3.63, 3.8) is 0 Å². The number of carbonyl (C=O) groups excluding carboxylic acids is 1. The van der Waals surface area contributed by atoms with Crippen LogP contribution in [-0.2, 0) is 28.0 Å². The number of nitrogens with one attached hydrogen (secondary N) is 1. The second-order valence-corrected chi connectivity index (χ2v) is 17.6. The van der Waals surface area contributed by atoms with Crippen LogP contribution in [0.5, 0.6) is 5.75 Å². The van der Waals surface area contributed by atoms with Crippen LogP contribution in [0.3, 0.4) is 0 Å². The van der Waals surface area contributed by atoms with Crippen LogP contribution in [0.1, 0.15) is 24.0 Å². The first-order chi connectivity index (χ1) is 16.5. The van der Waals surface area contributed by atoms with Crippen LogP contribution in [0.25, 0.3) is 0 Å². The Labute approximate surface area is 208 Å². The van der Waals surface area contributed by atoms with Crippen molar-refractivity contribution in [2.24, 2.45) is 0 Å². The molecule has 35 heavy (non-hydrogen) atoms. The number of hydrogen-bond acceptors (Lipinski definition) is 5. The predicted molar refractivity (Wildman–Crippen MR) is 139 cm³/mol. The lowest BCUT2D eigenvalue weighted by Crippen LogP contribution is -2.37. The summed E-state index contributed by atoms with van der Waals surface area (Å²) in [5.41, 5.74) is 2.22. The van der Waals surface area contributed by atoms with Gasteiger partial charge in [-0.25, -0.2) is 8.61 Å². The van der Waals surface area contributed by atoms with E-state index >= 15 is 0 Å². The summed E-state index contributed by atoms with van der Waals surface area (Å²) in [4.78, 5) is 11.6. The molecule has 0 radical (unpaired) electrons. The highest BCUT2D eigenvalue weighted by Crippen LogP contribution is 2.38. The van der Waals surface area contributed by atoms with Gasteiger partial charge < -0.3 is 15.2 Å². The van der Waals surface area contributed by atoms with Crippen LogP contribution in [-0.4, -0.2) is 44.4 Å². The van der Waals surface area contributed by atoms with E-state index in [1.54, 1.807) is 6.07 Å². The number of amides is 1. The molecule has 10 heteroatoms. The van der Waals surface area contributed by atoms with Crippen molar-refractivity contribution >= 4 is 29.9 Å². The Balaban J connectivity index is 1.62. The summed E-state index contributed by atoms with van der Waals surface area (Å²) in [7, 11) is -5.52. The van der Waals surface area contributed by atoms with E-state index in [1.807, 2.05) is 42.5 Å². The Morgan fingerprint density at radius 2 is 1.86 bits per heavy atom. The SMILES string of the molecule is C[Si](C)(C)CCN1C(O)=CN(c2ccc(CC3CCC(=O)N3)cc2OCc2ccccc2)S1(=O)=O. The average molecular weight is 516 g/mol. The predicted octanol–water partition coefficient (Wildman–Crippen LogP) is 4.15. The van der Waals surface area contributed by atoms with Gasteiger partial charge in [0, 0.05) is 27.1 Å². The summed E-state index contributed by atoms with van der Waals surface area (Å²) in [6, 6.07) is 15.8. The Morgan fingerprint density at radius 3 is 2.51 bits per heavy atom. The quantitative estimate of drug-likeness (QED) is 0.489. The second kappa shape index (κ2) is 9.94. The molecule has 188 valence electrons. The lowest BCUT2D eigenvalue weighted by molar-refractivity contribution is -0.119. The van der Waals surface area contributed by atoms with Gasteiger partial charge in [-0.15, -0.1) is 0 Å². The smallest absolute Gasteiger partial charge is 0.332 e. The molecule has 0 bridgehead atoms. The molecule has 2 aromatic rings. The van der Waals surface area contributed by atoms with Gasteiger partial charge in [-0.3, -0.25) is 4.79 Å². The first-order valence-electron chi connectivity index (χ1n) is 11.8. The molecule has 2 aliphatic rings. The molecule has 0 spiro atoms. The Bertz CT molecular complexity index is 1210. The van der Waals surface area contributed by atoms with Gasteiger partial charge >= 0.3 is 10.2 Å². The van der Waals surface area contributed by atoms with Crippen LogP contribution in [0.15, 0.2) is 60.6 Å². The van der Waals surface area contributed by atoms with Crippen LogP contribution in [0.2, 0.25) is 25.7 Å². The topological polar surface area (TPSA) is 99.2 Å². The molecule has 0 saturated carbocycles. The van der Waals surface area contributed by atoms with E-state index in [4.69, 9.17) is 4.74 Å². The monoisotopic (exact) mass is 515 g/mol. The molecule has 1 fully saturated rings. The summed E-state index contributed by atoms with van der Waals surface area (Å²) in [5.74, 6) is 0.153. The molecule has 4 rings (SSSR count). The Morgan fingerprint density at radius 1 is 1.11 bits per heavy atom. The molecule has 1 atom stereocenters. The van der Waals surface area contributed by atoms with Crippen molar-refractivity contribution < 1.29 is 23.1 Å². The number of rotatable bonds is 9. The molecule has 0 aromatic heterocycles. The maximum atomic E-state index is 13.4. The summed E-state index contributed by atoms with van der Waals surface area (Å²) >= 11 is 0. The summed E-state index contributed by atoms with van der Waals surface area (Å²) < 4.78 is 35.1. The highest BCUT2D eigenvalue weighted by Gasteiger charge is 2.39. The van der Waals surface area contributed by atoms with Crippen LogP contribution < -0.4 is 14.4 Å². The minimum absolute atomic E-state index is 0.0480. The third kappa shape index (κ3) is 5.99. The number of benzene rings is 2. The van der Waals surface area contributed by atoms with Crippen LogP contribution >= 0.6 is 0 Å². The molecule has 1 unspecified atom stereocenters. The number of carbonyl (C=O) groups is 1. The summed E-state index contributed by atoms with van der Waals surface area (Å²) in [6.07, 6.45) is 3.15. The zero-order valence-electron chi connectivity index (χ0n) is 20.4. The van der Waals surface area contributed by atoms with Crippen LogP contribution in [0.4, 0.5) is 5.69 Å². The number of aliphatic hydroxyl groups excluding tert-OH is 1. The van der Waals surface area contributed by atoms with E-state index in [9.17, 15) is 18.3 Å². The standard InChI is InChI=1S/C25H33N3O5SSi/c1-35(2,3)14-13-27-25(30)17-28(34(27,31)32)22-11-9-20(15-21-10-12-24(29)26-21)16-23(22)33-18-19-7-5-4-6-8-19/h4-9,11,16-17,21,30H,10,12-15,18H2,1-3H3,(H,26,29). The lowest BCUT2D eigenvalue weighted by atomic mass is 10.0. The Hall–Kier alpha value is -2.98. The number of anilines is 1. The molecule has 8 nitrogen and oxygen atoms in total. The van der Waals surface area contributed by atoms with E-state index in [0.29, 0.717) is 24.3 Å². The molecular formula is C25H33N3O5SSi. The van der Waals surface area contributed by atoms with E-state index in [1.165, 1.54) is 6.20 Å². The van der Waals surface area contributed by atoms with E-state index in [0.717, 1.165) is 32.2 Å². The minimum Gasteiger partial charge on any atom is -0.493 e. The van der Waals surface area contributed by atoms with Crippen molar-refractivity contribution in [1.82, 2.24) is 9.62 Å². The Kier molecular flexibility index (Phi) is 7.14. The fraction of sp³-hybridized carbons (Fsp3) is 0.400. The zero-order valence-corrected chi connectivity index (χ0v) is 22.2. The van der Waals surface area contributed by atoms with Crippen molar-refractivity contribution in [2.45, 2.75) is 57.6 Å². The first kappa shape index (κ1) is 25.1. The number of hydrogen-bond donors (Lipinski definition) is 2. The minimum atomic E-state index is -3.99. The average Bonchev–Trinajstić information content (AvgIpc) is 3.30. The van der Waals surface area contributed by atoms with E-state index in [2.05, 4.69) is 25.0 Å². The van der Waals surface area contributed by atoms with Gasteiger partial charge in [-0.2, -0.15) is 8.42 Å². The largest absolute Gasteiger partial charge is 0.493 e. The van der Waals surface area contributed by atoms with Crippen molar-refractivity contribution in [3.8, 4) is 5.75 Å². The molecule has 1 amide bonds. The normalized spacial score (nSPS) is 19.6. The molecule has 1 saturated heterocycles. The fourth-order valence-electron chi connectivity index (χ4n) is 4.15.